The Balaban J connectivity index is 0.000000347. The van der Waals surface area contributed by atoms with Gasteiger partial charge in [-0.05, 0) is 71.2 Å². The van der Waals surface area contributed by atoms with Crippen molar-refractivity contribution in [3.63, 3.8) is 0 Å². The first kappa shape index (κ1) is 41.4. The Bertz CT molecular complexity index is 1840. The van der Waals surface area contributed by atoms with Gasteiger partial charge in [0.25, 0.3) is 0 Å². The number of hydrogen-bond acceptors (Lipinski definition) is 14. The number of phenolic OH excluding ortho intramolecular Hbond substituents is 6. The molecule has 0 atom stereocenters. The molecule has 4 aromatic carbocycles. The van der Waals surface area contributed by atoms with Crippen molar-refractivity contribution in [2.24, 2.45) is 20.5 Å². The molecule has 0 saturated heterocycles. The van der Waals surface area contributed by atoms with Crippen LogP contribution in [0.15, 0.2) is 81.1 Å². The smallest absolute Gasteiger partial charge is 0.313 e. The molecular weight excluding hydrogens is 711 g/mol. The second-order valence-corrected chi connectivity index (χ2v) is 12.5. The average molecular weight is 750 g/mol. The van der Waals surface area contributed by atoms with Crippen molar-refractivity contribution in [1.82, 2.24) is 0 Å². The van der Waals surface area contributed by atoms with Crippen LogP contribution in [-0.4, -0.2) is 40.5 Å². The molecule has 0 heterocycles. The maximum atomic E-state index is 11.2. The summed E-state index contributed by atoms with van der Waals surface area (Å²) < 4.78 is 0. The number of nitrogens with zero attached hydrogens (tertiary/aromatic N) is 6. The fourth-order valence-corrected chi connectivity index (χ4v) is 4.24. The summed E-state index contributed by atoms with van der Waals surface area (Å²) in [7, 11) is 0. The zero-order valence-corrected chi connectivity index (χ0v) is 29.6. The van der Waals surface area contributed by atoms with Gasteiger partial charge < -0.3 is 30.6 Å². The normalized spacial score (nSPS) is 11.6. The predicted octanol–water partition coefficient (Wildman–Crippen LogP) is 9.63. The van der Waals surface area contributed by atoms with Crippen molar-refractivity contribution in [3.05, 3.63) is 92.0 Å². The van der Waals surface area contributed by atoms with E-state index in [4.69, 9.17) is 0 Å². The van der Waals surface area contributed by atoms with Crippen molar-refractivity contribution in [2.45, 2.75) is 65.2 Å². The molecule has 6 N–H and O–H groups in total. The van der Waals surface area contributed by atoms with Gasteiger partial charge in [-0.15, -0.1) is 20.5 Å². The molecule has 0 bridgehead atoms. The molecule has 16 nitrogen and oxygen atoms in total. The number of benzene rings is 4. The minimum atomic E-state index is -0.679. The van der Waals surface area contributed by atoms with Crippen LogP contribution in [0.1, 0.15) is 65.5 Å². The molecule has 0 aliphatic heterocycles. The van der Waals surface area contributed by atoms with Crippen molar-refractivity contribution < 1.29 is 57.3 Å². The summed E-state index contributed by atoms with van der Waals surface area (Å²) in [6.07, 6.45) is 1.45. The fourth-order valence-electron chi connectivity index (χ4n) is 4.24. The molecule has 1 radical (unpaired) electrons. The minimum absolute atomic E-state index is 0. The van der Waals surface area contributed by atoms with Crippen LogP contribution in [-0.2, 0) is 27.6 Å². The Morgan fingerprint density at radius 1 is 0.549 bits per heavy atom. The van der Waals surface area contributed by atoms with E-state index in [2.05, 4.69) is 20.5 Å². The van der Waals surface area contributed by atoms with Gasteiger partial charge in [0.2, 0.25) is 11.5 Å². The largest absolute Gasteiger partial charge is 0.508 e. The number of hydrogen-bond donors (Lipinski definition) is 6. The zero-order valence-electron chi connectivity index (χ0n) is 28.5. The Morgan fingerprint density at radius 2 is 0.863 bits per heavy atom. The molecule has 0 aromatic heterocycles. The van der Waals surface area contributed by atoms with E-state index in [0.29, 0.717) is 11.1 Å². The van der Waals surface area contributed by atoms with Crippen LogP contribution in [0.4, 0.5) is 34.1 Å². The molecule has 51 heavy (non-hydrogen) atoms. The summed E-state index contributed by atoms with van der Waals surface area (Å²) in [5, 5.41) is 95.9. The van der Waals surface area contributed by atoms with Gasteiger partial charge in [-0.1, -0.05) is 41.5 Å². The quantitative estimate of drug-likeness (QED) is 0.0508. The van der Waals surface area contributed by atoms with E-state index in [9.17, 15) is 50.9 Å². The number of phenols is 6. The van der Waals surface area contributed by atoms with Crippen LogP contribution in [0.2, 0.25) is 0 Å². The van der Waals surface area contributed by atoms with Gasteiger partial charge in [0.1, 0.15) is 45.7 Å². The maximum absolute atomic E-state index is 11.2. The van der Waals surface area contributed by atoms with Crippen molar-refractivity contribution in [2.75, 3.05) is 0 Å². The monoisotopic (exact) mass is 749 g/mol. The van der Waals surface area contributed by atoms with E-state index in [-0.39, 0.29) is 73.4 Å². The third-order valence-electron chi connectivity index (χ3n) is 8.31. The summed E-state index contributed by atoms with van der Waals surface area (Å²) in [6, 6.07) is 13.2. The molecule has 0 fully saturated rings. The van der Waals surface area contributed by atoms with Crippen molar-refractivity contribution in [3.8, 4) is 34.5 Å². The average Bonchev–Trinajstić information content (AvgIpc) is 3.05. The molecule has 0 aliphatic carbocycles. The first-order valence-electron chi connectivity index (χ1n) is 15.2. The number of azo groups is 2. The summed E-state index contributed by atoms with van der Waals surface area (Å²) >= 11 is 0. The molecule has 0 aliphatic rings. The van der Waals surface area contributed by atoms with Crippen LogP contribution in [0, 0.1) is 20.2 Å². The Kier molecular flexibility index (Phi) is 13.6. The molecule has 0 spiro atoms. The molecule has 4 rings (SSSR count). The third-order valence-corrected chi connectivity index (χ3v) is 8.31. The SMILES string of the molecule is CCC(C)(C)c1cc(N=Nc2ccc(O)cc2O)c(O)c([N+](=O)[O-])c1.CCC(C)(C)c1cc(N=Nc2ccc(O)cc2O)c(O)c([N+](=O)[O-])c1.[Co]. The van der Waals surface area contributed by atoms with E-state index < -0.39 is 32.7 Å². The van der Waals surface area contributed by atoms with Gasteiger partial charge >= 0.3 is 11.4 Å². The fraction of sp³-hybridized carbons (Fsp3) is 0.294. The van der Waals surface area contributed by atoms with Gasteiger partial charge in [0.05, 0.1) is 9.85 Å². The van der Waals surface area contributed by atoms with Crippen LogP contribution < -0.4 is 0 Å². The van der Waals surface area contributed by atoms with Gasteiger partial charge in [0, 0.05) is 41.0 Å². The number of rotatable bonds is 10. The zero-order chi connectivity index (χ0) is 37.6. The molecular formula is C34H38CoN6O10. The van der Waals surface area contributed by atoms with Crippen molar-refractivity contribution in [1.29, 1.82) is 0 Å². The van der Waals surface area contributed by atoms with Gasteiger partial charge in [-0.2, -0.15) is 0 Å². The first-order chi connectivity index (χ1) is 23.3. The summed E-state index contributed by atoms with van der Waals surface area (Å²) in [4.78, 5) is 21.1. The molecule has 273 valence electrons. The molecule has 4 aromatic rings. The number of nitro groups is 2. The summed E-state index contributed by atoms with van der Waals surface area (Å²) in [5.41, 5.74) is -0.374. The van der Waals surface area contributed by atoms with Gasteiger partial charge in [-0.3, -0.25) is 20.2 Å². The number of nitro benzene ring substituents is 2. The van der Waals surface area contributed by atoms with E-state index in [1.54, 1.807) is 0 Å². The van der Waals surface area contributed by atoms with E-state index in [1.165, 1.54) is 48.5 Å². The van der Waals surface area contributed by atoms with E-state index in [0.717, 1.165) is 25.0 Å². The Labute approximate surface area is 303 Å². The van der Waals surface area contributed by atoms with Crippen LogP contribution in [0.3, 0.4) is 0 Å². The minimum Gasteiger partial charge on any atom is -0.508 e. The summed E-state index contributed by atoms with van der Waals surface area (Å²) in [6.45, 7) is 11.6. The molecule has 0 amide bonds. The van der Waals surface area contributed by atoms with Crippen LogP contribution in [0.25, 0.3) is 0 Å². The van der Waals surface area contributed by atoms with Crippen molar-refractivity contribution >= 4 is 34.1 Å². The molecule has 0 saturated carbocycles. The standard InChI is InChI=1S/2C17H19N3O5.Co/c2*1-4-17(2,3)10-7-13(16(23)14(8-10)20(24)25)19-18-12-6-5-11(21)9-15(12)22;/h2*5-9,21-23H,4H2,1-3H3;. The molecule has 17 heteroatoms. The van der Waals surface area contributed by atoms with Crippen LogP contribution >= 0.6 is 0 Å². The summed E-state index contributed by atoms with van der Waals surface area (Å²) in [5.74, 6) is -2.07. The van der Waals surface area contributed by atoms with Gasteiger partial charge in [-0.25, -0.2) is 0 Å². The first-order valence-corrected chi connectivity index (χ1v) is 15.2. The Hall–Kier alpha value is -5.81. The topological polar surface area (TPSA) is 257 Å². The second kappa shape index (κ2) is 16.7. The predicted molar refractivity (Wildman–Crippen MR) is 184 cm³/mol. The molecule has 0 unspecified atom stereocenters. The third kappa shape index (κ3) is 10.1. The van der Waals surface area contributed by atoms with Gasteiger partial charge in [0.15, 0.2) is 0 Å². The Morgan fingerprint density at radius 3 is 1.14 bits per heavy atom. The van der Waals surface area contributed by atoms with Crippen LogP contribution in [0.5, 0.6) is 34.5 Å². The van der Waals surface area contributed by atoms with E-state index >= 15 is 0 Å². The maximum Gasteiger partial charge on any atom is 0.313 e. The number of aromatic hydroxyl groups is 6. The van der Waals surface area contributed by atoms with E-state index in [1.807, 2.05) is 41.5 Å². The second-order valence-electron chi connectivity index (χ2n) is 12.5.